The van der Waals surface area contributed by atoms with Crippen molar-refractivity contribution in [3.63, 3.8) is 0 Å². The van der Waals surface area contributed by atoms with Gasteiger partial charge < -0.3 is 9.84 Å². The molecular weight excluding hydrogens is 134 g/mol. The predicted molar refractivity (Wildman–Crippen MR) is 32.5 cm³/mol. The number of nitriles is 1. The van der Waals surface area contributed by atoms with Crippen molar-refractivity contribution in [1.82, 2.24) is 0 Å². The third-order valence-corrected chi connectivity index (χ3v) is 0.834. The van der Waals surface area contributed by atoms with Crippen molar-refractivity contribution in [2.45, 2.75) is 20.1 Å². The van der Waals surface area contributed by atoms with Crippen molar-refractivity contribution >= 4 is 5.97 Å². The minimum Gasteiger partial charge on any atom is -0.435 e. The van der Waals surface area contributed by atoms with Gasteiger partial charge in [0.15, 0.2) is 6.29 Å². The molecule has 0 aromatic rings. The lowest BCUT2D eigenvalue weighted by atomic mass is 10.2. The molecule has 56 valence electrons. The summed E-state index contributed by atoms with van der Waals surface area (Å²) in [5, 5.41) is 16.7. The summed E-state index contributed by atoms with van der Waals surface area (Å²) < 4.78 is 4.30. The van der Waals surface area contributed by atoms with Gasteiger partial charge in [0, 0.05) is 0 Å². The van der Waals surface area contributed by atoms with Crippen LogP contribution in [-0.2, 0) is 9.53 Å². The van der Waals surface area contributed by atoms with Crippen LogP contribution in [0.4, 0.5) is 0 Å². The van der Waals surface area contributed by atoms with Gasteiger partial charge >= 0.3 is 5.97 Å². The predicted octanol–water partition coefficient (Wildman–Crippen LogP) is 0.0276. The van der Waals surface area contributed by atoms with Crippen LogP contribution < -0.4 is 0 Å². The summed E-state index contributed by atoms with van der Waals surface area (Å²) in [6.45, 7) is 2.71. The van der Waals surface area contributed by atoms with E-state index in [-0.39, 0.29) is 0 Å². The third kappa shape index (κ3) is 3.05. The highest BCUT2D eigenvalue weighted by Gasteiger charge is 2.14. The number of carbonyl (C=O) groups excluding carboxylic acids is 1. The SMILES string of the molecule is CC(O)OC(=O)C(C)C#N. The van der Waals surface area contributed by atoms with E-state index in [1.165, 1.54) is 13.8 Å². The molecule has 2 unspecified atom stereocenters. The second-order valence-electron chi connectivity index (χ2n) is 1.89. The molecule has 0 saturated carbocycles. The first-order valence-corrected chi connectivity index (χ1v) is 2.86. The zero-order valence-electron chi connectivity index (χ0n) is 5.87. The standard InChI is InChI=1S/C6H9NO3/c1-4(3-7)6(9)10-5(2)8/h4-5,8H,1-2H3. The van der Waals surface area contributed by atoms with Crippen LogP contribution in [-0.4, -0.2) is 17.4 Å². The van der Waals surface area contributed by atoms with Gasteiger partial charge in [0.2, 0.25) is 0 Å². The largest absolute Gasteiger partial charge is 0.435 e. The minimum atomic E-state index is -1.14. The van der Waals surface area contributed by atoms with Gasteiger partial charge in [-0.2, -0.15) is 5.26 Å². The van der Waals surface area contributed by atoms with Gasteiger partial charge in [-0.05, 0) is 13.8 Å². The molecule has 4 nitrogen and oxygen atoms in total. The second kappa shape index (κ2) is 3.85. The van der Waals surface area contributed by atoms with Gasteiger partial charge in [0.1, 0.15) is 5.92 Å². The first-order valence-electron chi connectivity index (χ1n) is 2.86. The topological polar surface area (TPSA) is 70.3 Å². The van der Waals surface area contributed by atoms with Crippen LogP contribution in [0.2, 0.25) is 0 Å². The lowest BCUT2D eigenvalue weighted by Gasteiger charge is -2.06. The molecule has 0 amide bonds. The number of rotatable bonds is 2. The van der Waals surface area contributed by atoms with Crippen molar-refractivity contribution in [2.75, 3.05) is 0 Å². The van der Waals surface area contributed by atoms with Crippen molar-refractivity contribution < 1.29 is 14.6 Å². The molecule has 0 fully saturated rings. The van der Waals surface area contributed by atoms with Crippen LogP contribution >= 0.6 is 0 Å². The van der Waals surface area contributed by atoms with Crippen LogP contribution in [0.25, 0.3) is 0 Å². The molecule has 0 aromatic heterocycles. The smallest absolute Gasteiger partial charge is 0.325 e. The van der Waals surface area contributed by atoms with Gasteiger partial charge in [0.25, 0.3) is 0 Å². The van der Waals surface area contributed by atoms with Gasteiger partial charge in [-0.3, -0.25) is 4.79 Å². The number of esters is 1. The second-order valence-corrected chi connectivity index (χ2v) is 1.89. The van der Waals surface area contributed by atoms with E-state index in [1.54, 1.807) is 6.07 Å². The Hall–Kier alpha value is -1.08. The Bertz CT molecular complexity index is 159. The van der Waals surface area contributed by atoms with Crippen LogP contribution in [0.3, 0.4) is 0 Å². The summed E-state index contributed by atoms with van der Waals surface area (Å²) in [5.74, 6) is -1.51. The molecule has 4 heteroatoms. The van der Waals surface area contributed by atoms with Gasteiger partial charge in [0.05, 0.1) is 6.07 Å². The summed E-state index contributed by atoms with van der Waals surface area (Å²) in [6.07, 6.45) is -1.14. The van der Waals surface area contributed by atoms with Gasteiger partial charge in [-0.25, -0.2) is 0 Å². The Morgan fingerprint density at radius 1 is 1.70 bits per heavy atom. The summed E-state index contributed by atoms with van der Waals surface area (Å²) in [7, 11) is 0. The van der Waals surface area contributed by atoms with E-state index in [1.807, 2.05) is 0 Å². The number of hydrogen-bond acceptors (Lipinski definition) is 4. The highest BCUT2D eigenvalue weighted by atomic mass is 16.6. The van der Waals surface area contributed by atoms with E-state index in [0.29, 0.717) is 0 Å². The number of aliphatic hydroxyl groups excluding tert-OH is 1. The average Bonchev–Trinajstić information content (AvgIpc) is 1.85. The quantitative estimate of drug-likeness (QED) is 0.437. The highest BCUT2D eigenvalue weighted by molar-refractivity contribution is 5.74. The lowest BCUT2D eigenvalue weighted by Crippen LogP contribution is -2.19. The molecule has 1 N–H and O–H groups in total. The molecule has 2 atom stereocenters. The Morgan fingerprint density at radius 3 is 2.50 bits per heavy atom. The fourth-order valence-electron chi connectivity index (χ4n) is 0.323. The maximum absolute atomic E-state index is 10.6. The lowest BCUT2D eigenvalue weighted by molar-refractivity contribution is -0.167. The maximum atomic E-state index is 10.6. The van der Waals surface area contributed by atoms with Crippen LogP contribution in [0.15, 0.2) is 0 Å². The van der Waals surface area contributed by atoms with E-state index in [2.05, 4.69) is 4.74 Å². The fourth-order valence-corrected chi connectivity index (χ4v) is 0.323. The number of hydrogen-bond donors (Lipinski definition) is 1. The zero-order valence-corrected chi connectivity index (χ0v) is 5.87. The van der Waals surface area contributed by atoms with Gasteiger partial charge in [-0.15, -0.1) is 0 Å². The molecule has 0 radical (unpaired) electrons. The van der Waals surface area contributed by atoms with Crippen molar-refractivity contribution in [1.29, 1.82) is 5.26 Å². The maximum Gasteiger partial charge on any atom is 0.325 e. The summed E-state index contributed by atoms with van der Waals surface area (Å²) in [6, 6.07) is 1.68. The van der Waals surface area contributed by atoms with E-state index >= 15 is 0 Å². The number of carbonyl (C=O) groups is 1. The molecule has 0 saturated heterocycles. The van der Waals surface area contributed by atoms with Crippen molar-refractivity contribution in [3.05, 3.63) is 0 Å². The molecule has 0 rings (SSSR count). The molecule has 0 aliphatic heterocycles. The van der Waals surface area contributed by atoms with E-state index in [0.717, 1.165) is 0 Å². The highest BCUT2D eigenvalue weighted by Crippen LogP contribution is 1.97. The fraction of sp³-hybridized carbons (Fsp3) is 0.667. The minimum absolute atomic E-state index is 0.697. The molecule has 0 bridgehead atoms. The summed E-state index contributed by atoms with van der Waals surface area (Å²) in [4.78, 5) is 10.6. The first kappa shape index (κ1) is 8.92. The molecule has 0 aromatic carbocycles. The van der Waals surface area contributed by atoms with Crippen LogP contribution in [0.5, 0.6) is 0 Å². The zero-order chi connectivity index (χ0) is 8.15. The molecule has 0 heterocycles. The normalized spacial score (nSPS) is 15.0. The Balaban J connectivity index is 3.76. The molecule has 0 aliphatic rings. The molecule has 0 spiro atoms. The third-order valence-electron chi connectivity index (χ3n) is 0.834. The van der Waals surface area contributed by atoms with Gasteiger partial charge in [-0.1, -0.05) is 0 Å². The van der Waals surface area contributed by atoms with E-state index < -0.39 is 18.2 Å². The number of nitrogens with zero attached hydrogens (tertiary/aromatic N) is 1. The van der Waals surface area contributed by atoms with Crippen LogP contribution in [0.1, 0.15) is 13.8 Å². The van der Waals surface area contributed by atoms with Crippen molar-refractivity contribution in [2.24, 2.45) is 5.92 Å². The van der Waals surface area contributed by atoms with Crippen LogP contribution in [0, 0.1) is 17.2 Å². The molecule has 10 heavy (non-hydrogen) atoms. The first-order chi connectivity index (χ1) is 4.57. The summed E-state index contributed by atoms with van der Waals surface area (Å²) >= 11 is 0. The number of aliphatic hydroxyl groups is 1. The van der Waals surface area contributed by atoms with Crippen molar-refractivity contribution in [3.8, 4) is 6.07 Å². The molecular formula is C6H9NO3. The van der Waals surface area contributed by atoms with E-state index in [4.69, 9.17) is 10.4 Å². The Labute approximate surface area is 59.0 Å². The Morgan fingerprint density at radius 2 is 2.20 bits per heavy atom. The van der Waals surface area contributed by atoms with E-state index in [9.17, 15) is 4.79 Å². The number of ether oxygens (including phenoxy) is 1. The summed E-state index contributed by atoms with van der Waals surface area (Å²) in [5.41, 5.74) is 0. The average molecular weight is 143 g/mol. The Kier molecular flexibility index (Phi) is 3.44. The monoisotopic (exact) mass is 143 g/mol. The molecule has 0 aliphatic carbocycles.